The maximum absolute atomic E-state index is 5.81. The number of hydrogen-bond acceptors (Lipinski definition) is 3. The van der Waals surface area contributed by atoms with Crippen molar-refractivity contribution in [2.24, 2.45) is 0 Å². The van der Waals surface area contributed by atoms with Crippen LogP contribution >= 0.6 is 11.6 Å². The van der Waals surface area contributed by atoms with Crippen LogP contribution in [0.3, 0.4) is 0 Å². The third kappa shape index (κ3) is 2.66. The van der Waals surface area contributed by atoms with Gasteiger partial charge in [0.15, 0.2) is 0 Å². The molecular weight excluding hydrogens is 174 g/mol. The highest BCUT2D eigenvalue weighted by molar-refractivity contribution is 6.33. The SMILES string of the molecule is CC.CNc1ncnc(C)c1Cl. The van der Waals surface area contributed by atoms with Gasteiger partial charge in [-0.05, 0) is 6.92 Å². The van der Waals surface area contributed by atoms with E-state index in [2.05, 4.69) is 15.3 Å². The summed E-state index contributed by atoms with van der Waals surface area (Å²) in [5.41, 5.74) is 0.793. The van der Waals surface area contributed by atoms with Gasteiger partial charge in [0, 0.05) is 7.05 Å². The van der Waals surface area contributed by atoms with Gasteiger partial charge >= 0.3 is 0 Å². The van der Waals surface area contributed by atoms with E-state index < -0.39 is 0 Å². The first-order valence-corrected chi connectivity index (χ1v) is 4.28. The molecule has 1 aromatic rings. The van der Waals surface area contributed by atoms with Crippen molar-refractivity contribution in [1.82, 2.24) is 9.97 Å². The number of hydrogen-bond donors (Lipinski definition) is 1. The van der Waals surface area contributed by atoms with E-state index >= 15 is 0 Å². The van der Waals surface area contributed by atoms with Gasteiger partial charge in [-0.2, -0.15) is 0 Å². The Kier molecular flexibility index (Phi) is 5.37. The highest BCUT2D eigenvalue weighted by Crippen LogP contribution is 2.19. The maximum atomic E-state index is 5.81. The quantitative estimate of drug-likeness (QED) is 0.734. The van der Waals surface area contributed by atoms with Crippen molar-refractivity contribution >= 4 is 17.4 Å². The van der Waals surface area contributed by atoms with Crippen LogP contribution in [0.25, 0.3) is 0 Å². The Bertz CT molecular complexity index is 238. The minimum Gasteiger partial charge on any atom is -0.372 e. The zero-order valence-corrected chi connectivity index (χ0v) is 8.61. The molecule has 12 heavy (non-hydrogen) atoms. The highest BCUT2D eigenvalue weighted by atomic mass is 35.5. The van der Waals surface area contributed by atoms with Crippen molar-refractivity contribution in [2.75, 3.05) is 12.4 Å². The standard InChI is InChI=1S/C6H8ClN3.C2H6/c1-4-5(7)6(8-2)10-3-9-4;1-2/h3H,1-2H3,(H,8,9,10);1-2H3. The van der Waals surface area contributed by atoms with E-state index in [9.17, 15) is 0 Å². The van der Waals surface area contributed by atoms with E-state index in [4.69, 9.17) is 11.6 Å². The Hall–Kier alpha value is -0.830. The van der Waals surface area contributed by atoms with Crippen LogP contribution in [0.15, 0.2) is 6.33 Å². The molecule has 0 aliphatic rings. The molecule has 0 spiro atoms. The highest BCUT2D eigenvalue weighted by Gasteiger charge is 2.01. The summed E-state index contributed by atoms with van der Waals surface area (Å²) >= 11 is 5.81. The van der Waals surface area contributed by atoms with Gasteiger partial charge in [0.05, 0.1) is 5.69 Å². The maximum Gasteiger partial charge on any atom is 0.148 e. The van der Waals surface area contributed by atoms with E-state index in [0.29, 0.717) is 10.8 Å². The molecule has 0 atom stereocenters. The number of halogens is 1. The Balaban J connectivity index is 0.000000561. The van der Waals surface area contributed by atoms with Crippen molar-refractivity contribution in [3.63, 3.8) is 0 Å². The zero-order chi connectivity index (χ0) is 9.56. The summed E-state index contributed by atoms with van der Waals surface area (Å²) in [5, 5.41) is 3.44. The monoisotopic (exact) mass is 187 g/mol. The number of aryl methyl sites for hydroxylation is 1. The van der Waals surface area contributed by atoms with Crippen LogP contribution in [0.2, 0.25) is 5.02 Å². The van der Waals surface area contributed by atoms with Crippen LogP contribution in [-0.2, 0) is 0 Å². The molecule has 0 unspecified atom stereocenters. The van der Waals surface area contributed by atoms with Gasteiger partial charge in [-0.25, -0.2) is 9.97 Å². The predicted molar refractivity (Wildman–Crippen MR) is 52.7 cm³/mol. The van der Waals surface area contributed by atoms with Crippen LogP contribution in [0.5, 0.6) is 0 Å². The molecule has 0 bridgehead atoms. The Morgan fingerprint density at radius 1 is 1.33 bits per heavy atom. The summed E-state index contributed by atoms with van der Waals surface area (Å²) in [7, 11) is 1.77. The topological polar surface area (TPSA) is 37.8 Å². The molecule has 1 rings (SSSR count). The summed E-state index contributed by atoms with van der Waals surface area (Å²) in [4.78, 5) is 7.81. The second-order valence-electron chi connectivity index (χ2n) is 1.87. The smallest absolute Gasteiger partial charge is 0.148 e. The molecule has 0 amide bonds. The summed E-state index contributed by atoms with van der Waals surface area (Å²) in [5.74, 6) is 0.675. The summed E-state index contributed by atoms with van der Waals surface area (Å²) < 4.78 is 0. The van der Waals surface area contributed by atoms with Gasteiger partial charge in [0.1, 0.15) is 17.2 Å². The van der Waals surface area contributed by atoms with Crippen molar-refractivity contribution < 1.29 is 0 Å². The fraction of sp³-hybridized carbons (Fsp3) is 0.500. The second-order valence-corrected chi connectivity index (χ2v) is 2.25. The van der Waals surface area contributed by atoms with E-state index in [1.54, 1.807) is 7.05 Å². The average molecular weight is 188 g/mol. The fourth-order valence-corrected chi connectivity index (χ4v) is 0.824. The minimum atomic E-state index is 0.588. The van der Waals surface area contributed by atoms with Gasteiger partial charge in [0.25, 0.3) is 0 Å². The second kappa shape index (κ2) is 5.77. The van der Waals surface area contributed by atoms with Crippen LogP contribution < -0.4 is 5.32 Å². The van der Waals surface area contributed by atoms with Gasteiger partial charge in [0.2, 0.25) is 0 Å². The summed E-state index contributed by atoms with van der Waals surface area (Å²) in [6.07, 6.45) is 1.48. The largest absolute Gasteiger partial charge is 0.372 e. The minimum absolute atomic E-state index is 0.588. The van der Waals surface area contributed by atoms with Crippen molar-refractivity contribution in [3.05, 3.63) is 17.0 Å². The van der Waals surface area contributed by atoms with Gasteiger partial charge in [-0.3, -0.25) is 0 Å². The zero-order valence-electron chi connectivity index (χ0n) is 7.85. The first kappa shape index (κ1) is 11.2. The lowest BCUT2D eigenvalue weighted by Gasteiger charge is -2.01. The first-order chi connectivity index (χ1) is 5.75. The van der Waals surface area contributed by atoms with Crippen molar-refractivity contribution in [1.29, 1.82) is 0 Å². The molecule has 0 radical (unpaired) electrons. The van der Waals surface area contributed by atoms with E-state index in [0.717, 1.165) is 5.69 Å². The molecule has 0 aromatic carbocycles. The predicted octanol–water partition coefficient (Wildman–Crippen LogP) is 2.51. The number of anilines is 1. The molecule has 1 N–H and O–H groups in total. The third-order valence-electron chi connectivity index (χ3n) is 1.20. The lowest BCUT2D eigenvalue weighted by molar-refractivity contribution is 1.10. The number of rotatable bonds is 1. The first-order valence-electron chi connectivity index (χ1n) is 3.90. The molecule has 3 nitrogen and oxygen atoms in total. The van der Waals surface area contributed by atoms with Crippen molar-refractivity contribution in [3.8, 4) is 0 Å². The number of nitrogens with zero attached hydrogens (tertiary/aromatic N) is 2. The van der Waals surface area contributed by atoms with Gasteiger partial charge < -0.3 is 5.32 Å². The molecule has 0 fully saturated rings. The van der Waals surface area contributed by atoms with E-state index in [1.165, 1.54) is 6.33 Å². The molecule has 0 saturated heterocycles. The molecular formula is C8H14ClN3. The Morgan fingerprint density at radius 2 is 1.92 bits per heavy atom. The fourth-order valence-electron chi connectivity index (χ4n) is 0.632. The molecule has 1 heterocycles. The van der Waals surface area contributed by atoms with Crippen LogP contribution in [0.4, 0.5) is 5.82 Å². The average Bonchev–Trinajstić information content (AvgIpc) is 2.13. The Morgan fingerprint density at radius 3 is 2.33 bits per heavy atom. The number of aromatic nitrogens is 2. The molecule has 0 aliphatic carbocycles. The normalized spacial score (nSPS) is 8.42. The van der Waals surface area contributed by atoms with Crippen LogP contribution in [-0.4, -0.2) is 17.0 Å². The van der Waals surface area contributed by atoms with Gasteiger partial charge in [-0.15, -0.1) is 0 Å². The van der Waals surface area contributed by atoms with Crippen LogP contribution in [0.1, 0.15) is 19.5 Å². The molecule has 1 aromatic heterocycles. The van der Waals surface area contributed by atoms with Gasteiger partial charge in [-0.1, -0.05) is 25.4 Å². The number of nitrogens with one attached hydrogen (secondary N) is 1. The van der Waals surface area contributed by atoms with E-state index in [-0.39, 0.29) is 0 Å². The van der Waals surface area contributed by atoms with Crippen molar-refractivity contribution in [2.45, 2.75) is 20.8 Å². The van der Waals surface area contributed by atoms with Crippen LogP contribution in [0, 0.1) is 6.92 Å². The summed E-state index contributed by atoms with van der Waals surface area (Å²) in [6, 6.07) is 0. The van der Waals surface area contributed by atoms with E-state index in [1.807, 2.05) is 20.8 Å². The lowest BCUT2D eigenvalue weighted by Crippen LogP contribution is -1.95. The molecule has 4 heteroatoms. The molecule has 0 saturated carbocycles. The third-order valence-corrected chi connectivity index (χ3v) is 1.65. The summed E-state index contributed by atoms with van der Waals surface area (Å²) in [6.45, 7) is 5.84. The molecule has 0 aliphatic heterocycles. The molecule has 68 valence electrons. The Labute approximate surface area is 78.2 Å². The lowest BCUT2D eigenvalue weighted by atomic mass is 10.4.